The predicted molar refractivity (Wildman–Crippen MR) is 77.6 cm³/mol. The van der Waals surface area contributed by atoms with Crippen LogP contribution in [0.15, 0.2) is 40.9 Å². The Balaban J connectivity index is 2.25. The summed E-state index contributed by atoms with van der Waals surface area (Å²) in [6.07, 6.45) is 0. The van der Waals surface area contributed by atoms with E-state index in [0.717, 1.165) is 5.56 Å². The van der Waals surface area contributed by atoms with Crippen LogP contribution in [-0.4, -0.2) is 5.91 Å². The fourth-order valence-electron chi connectivity index (χ4n) is 1.63. The van der Waals surface area contributed by atoms with Crippen LogP contribution in [0.1, 0.15) is 15.9 Å². The average Bonchev–Trinajstić information content (AvgIpc) is 2.32. The highest BCUT2D eigenvalue weighted by Gasteiger charge is 2.13. The Kier molecular flexibility index (Phi) is 3.85. The van der Waals surface area contributed by atoms with Gasteiger partial charge in [0, 0.05) is 10.2 Å². The largest absolute Gasteiger partial charge is 0.399 e. The van der Waals surface area contributed by atoms with E-state index >= 15 is 0 Å². The molecule has 0 fully saturated rings. The minimum Gasteiger partial charge on any atom is -0.399 e. The van der Waals surface area contributed by atoms with Crippen molar-refractivity contribution in [2.24, 2.45) is 0 Å². The van der Waals surface area contributed by atoms with E-state index in [9.17, 15) is 9.18 Å². The minimum atomic E-state index is -0.538. The summed E-state index contributed by atoms with van der Waals surface area (Å²) in [6, 6.07) is 9.46. The summed E-state index contributed by atoms with van der Waals surface area (Å²) in [5, 5.41) is 2.63. The summed E-state index contributed by atoms with van der Waals surface area (Å²) >= 11 is 3.29. The van der Waals surface area contributed by atoms with Gasteiger partial charge in [-0.25, -0.2) is 4.39 Å². The molecule has 0 aliphatic carbocycles. The molecule has 0 atom stereocenters. The lowest BCUT2D eigenvalue weighted by molar-refractivity contribution is 0.102. The predicted octanol–water partition coefficient (Wildman–Crippen LogP) is 3.73. The SMILES string of the molecule is Cc1ccc(C(=O)Nc2ccc(N)cc2Br)c(F)c1. The number of nitrogen functional groups attached to an aromatic ring is 1. The third-order valence-corrected chi connectivity index (χ3v) is 3.27. The number of halogens is 2. The first-order valence-corrected chi connectivity index (χ1v) is 6.39. The van der Waals surface area contributed by atoms with E-state index in [2.05, 4.69) is 21.2 Å². The maximum absolute atomic E-state index is 13.7. The van der Waals surface area contributed by atoms with E-state index in [0.29, 0.717) is 15.8 Å². The molecule has 0 heterocycles. The zero-order valence-electron chi connectivity index (χ0n) is 10.2. The van der Waals surface area contributed by atoms with Gasteiger partial charge in [-0.05, 0) is 58.7 Å². The molecule has 2 aromatic rings. The number of anilines is 2. The van der Waals surface area contributed by atoms with Gasteiger partial charge in [0.15, 0.2) is 0 Å². The van der Waals surface area contributed by atoms with Gasteiger partial charge in [0.1, 0.15) is 5.82 Å². The van der Waals surface area contributed by atoms with E-state index in [1.165, 1.54) is 12.1 Å². The molecule has 0 aliphatic rings. The van der Waals surface area contributed by atoms with E-state index in [4.69, 9.17) is 5.73 Å². The minimum absolute atomic E-state index is 0.00863. The molecule has 0 bridgehead atoms. The van der Waals surface area contributed by atoms with Crippen LogP contribution < -0.4 is 11.1 Å². The van der Waals surface area contributed by atoms with Crippen molar-refractivity contribution in [3.63, 3.8) is 0 Å². The molecule has 3 N–H and O–H groups in total. The van der Waals surface area contributed by atoms with Gasteiger partial charge < -0.3 is 11.1 Å². The molecule has 3 nitrogen and oxygen atoms in total. The van der Waals surface area contributed by atoms with Crippen molar-refractivity contribution in [3.8, 4) is 0 Å². The van der Waals surface area contributed by atoms with Gasteiger partial charge in [0.2, 0.25) is 0 Å². The van der Waals surface area contributed by atoms with Crippen molar-refractivity contribution in [1.29, 1.82) is 0 Å². The lowest BCUT2D eigenvalue weighted by atomic mass is 10.1. The first-order chi connectivity index (χ1) is 8.97. The van der Waals surface area contributed by atoms with Crippen molar-refractivity contribution in [1.82, 2.24) is 0 Å². The molecule has 0 saturated heterocycles. The molecule has 0 radical (unpaired) electrons. The van der Waals surface area contributed by atoms with Crippen LogP contribution in [0.2, 0.25) is 0 Å². The van der Waals surface area contributed by atoms with Crippen LogP contribution in [0.4, 0.5) is 15.8 Å². The lowest BCUT2D eigenvalue weighted by Gasteiger charge is -2.09. The molecule has 0 spiro atoms. The second kappa shape index (κ2) is 5.40. The summed E-state index contributed by atoms with van der Waals surface area (Å²) in [7, 11) is 0. The molecule has 1 amide bonds. The molecular formula is C14H12BrFN2O. The highest BCUT2D eigenvalue weighted by atomic mass is 79.9. The molecule has 19 heavy (non-hydrogen) atoms. The van der Waals surface area contributed by atoms with Crippen LogP contribution in [-0.2, 0) is 0 Å². The molecule has 2 aromatic carbocycles. The summed E-state index contributed by atoms with van der Waals surface area (Å²) in [5.41, 5.74) is 7.50. The number of nitrogens with one attached hydrogen (secondary N) is 1. The third kappa shape index (κ3) is 3.12. The van der Waals surface area contributed by atoms with Crippen LogP contribution in [0.25, 0.3) is 0 Å². The Labute approximate surface area is 118 Å². The molecule has 5 heteroatoms. The van der Waals surface area contributed by atoms with Crippen LogP contribution >= 0.6 is 15.9 Å². The summed E-state index contributed by atoms with van der Waals surface area (Å²) in [4.78, 5) is 12.0. The van der Waals surface area contributed by atoms with Crippen LogP contribution in [0.5, 0.6) is 0 Å². The Hall–Kier alpha value is -1.88. The average molecular weight is 323 g/mol. The first-order valence-electron chi connectivity index (χ1n) is 5.60. The third-order valence-electron chi connectivity index (χ3n) is 2.61. The van der Waals surface area contributed by atoms with Crippen molar-refractivity contribution < 1.29 is 9.18 Å². The highest BCUT2D eigenvalue weighted by molar-refractivity contribution is 9.10. The van der Waals surface area contributed by atoms with E-state index in [1.807, 2.05) is 0 Å². The Bertz CT molecular complexity index is 643. The molecule has 2 rings (SSSR count). The summed E-state index contributed by atoms with van der Waals surface area (Å²) in [5.74, 6) is -1.04. The zero-order valence-corrected chi connectivity index (χ0v) is 11.8. The number of hydrogen-bond acceptors (Lipinski definition) is 2. The normalized spacial score (nSPS) is 10.3. The number of nitrogens with two attached hydrogens (primary N) is 1. The first kappa shape index (κ1) is 13.5. The van der Waals surface area contributed by atoms with Gasteiger partial charge in [-0.2, -0.15) is 0 Å². The lowest BCUT2D eigenvalue weighted by Crippen LogP contribution is -2.14. The van der Waals surface area contributed by atoms with Gasteiger partial charge in [0.25, 0.3) is 5.91 Å². The smallest absolute Gasteiger partial charge is 0.258 e. The van der Waals surface area contributed by atoms with E-state index < -0.39 is 11.7 Å². The van der Waals surface area contributed by atoms with Crippen molar-refractivity contribution in [3.05, 3.63) is 57.8 Å². The molecule has 98 valence electrons. The molecule has 0 unspecified atom stereocenters. The van der Waals surface area contributed by atoms with Gasteiger partial charge in [-0.1, -0.05) is 6.07 Å². The Morgan fingerprint density at radius 1 is 1.26 bits per heavy atom. The van der Waals surface area contributed by atoms with Gasteiger partial charge in [0.05, 0.1) is 11.3 Å². The number of benzene rings is 2. The molecule has 0 aliphatic heterocycles. The van der Waals surface area contributed by atoms with E-state index in [1.54, 1.807) is 31.2 Å². The van der Waals surface area contributed by atoms with Gasteiger partial charge in [-0.3, -0.25) is 4.79 Å². The quantitative estimate of drug-likeness (QED) is 0.828. The Morgan fingerprint density at radius 2 is 2.00 bits per heavy atom. The number of rotatable bonds is 2. The van der Waals surface area contributed by atoms with Gasteiger partial charge in [-0.15, -0.1) is 0 Å². The van der Waals surface area contributed by atoms with Crippen LogP contribution in [0, 0.1) is 12.7 Å². The summed E-state index contributed by atoms with van der Waals surface area (Å²) in [6.45, 7) is 1.77. The second-order valence-corrected chi connectivity index (χ2v) is 5.03. The second-order valence-electron chi connectivity index (χ2n) is 4.18. The zero-order chi connectivity index (χ0) is 14.0. The number of carbonyl (C=O) groups is 1. The highest BCUT2D eigenvalue weighted by Crippen LogP contribution is 2.25. The number of aryl methyl sites for hydroxylation is 1. The molecule has 0 aromatic heterocycles. The number of carbonyl (C=O) groups excluding carboxylic acids is 1. The monoisotopic (exact) mass is 322 g/mol. The topological polar surface area (TPSA) is 55.1 Å². The maximum atomic E-state index is 13.7. The fraction of sp³-hybridized carbons (Fsp3) is 0.0714. The van der Waals surface area contributed by atoms with Crippen molar-refractivity contribution in [2.75, 3.05) is 11.1 Å². The van der Waals surface area contributed by atoms with E-state index in [-0.39, 0.29) is 5.56 Å². The maximum Gasteiger partial charge on any atom is 0.258 e. The summed E-state index contributed by atoms with van der Waals surface area (Å²) < 4.78 is 14.3. The Morgan fingerprint density at radius 3 is 2.63 bits per heavy atom. The standard InChI is InChI=1S/C14H12BrFN2O/c1-8-2-4-10(12(16)6-8)14(19)18-13-5-3-9(17)7-11(13)15/h2-7H,17H2,1H3,(H,18,19). The van der Waals surface area contributed by atoms with Crippen LogP contribution in [0.3, 0.4) is 0 Å². The molecular weight excluding hydrogens is 311 g/mol. The van der Waals surface area contributed by atoms with Gasteiger partial charge >= 0.3 is 0 Å². The van der Waals surface area contributed by atoms with Crippen molar-refractivity contribution >= 4 is 33.2 Å². The number of amides is 1. The van der Waals surface area contributed by atoms with Crippen molar-refractivity contribution in [2.45, 2.75) is 6.92 Å². The fourth-order valence-corrected chi connectivity index (χ4v) is 2.12. The number of hydrogen-bond donors (Lipinski definition) is 2. The molecule has 0 saturated carbocycles.